The van der Waals surface area contributed by atoms with Gasteiger partial charge in [0.05, 0.1) is 5.69 Å². The molecule has 0 unspecified atom stereocenters. The molecule has 124 valence electrons. The zero-order valence-electron chi connectivity index (χ0n) is 13.4. The Bertz CT molecular complexity index is 741. The van der Waals surface area contributed by atoms with Crippen molar-refractivity contribution in [3.8, 4) is 0 Å². The molecule has 0 aromatic heterocycles. The molecule has 1 aliphatic carbocycles. The first-order valence-electron chi connectivity index (χ1n) is 8.19. The molecule has 0 saturated heterocycles. The summed E-state index contributed by atoms with van der Waals surface area (Å²) in [5.74, 6) is -0.448. The van der Waals surface area contributed by atoms with Crippen LogP contribution >= 0.6 is 0 Å². The molecule has 1 N–H and O–H groups in total. The Hall–Kier alpha value is -2.62. The molecule has 3 rings (SSSR count). The van der Waals surface area contributed by atoms with Gasteiger partial charge in [0.2, 0.25) is 0 Å². The largest absolute Gasteiger partial charge is 0.444 e. The zero-order valence-corrected chi connectivity index (χ0v) is 13.4. The topological polar surface area (TPSA) is 38.3 Å². The predicted octanol–water partition coefficient (Wildman–Crippen LogP) is 5.53. The monoisotopic (exact) mass is 325 g/mol. The summed E-state index contributed by atoms with van der Waals surface area (Å²) < 4.78 is 19.3. The van der Waals surface area contributed by atoms with Gasteiger partial charge < -0.3 is 4.74 Å². The number of nitrogens with one attached hydrogen (secondary N) is 1. The van der Waals surface area contributed by atoms with E-state index in [-0.39, 0.29) is 12.3 Å². The number of ether oxygens (including phenoxy) is 1. The third kappa shape index (κ3) is 4.22. The van der Waals surface area contributed by atoms with Gasteiger partial charge in [0, 0.05) is 0 Å². The molecule has 3 nitrogen and oxygen atoms in total. The summed E-state index contributed by atoms with van der Waals surface area (Å²) in [5, 5.41) is 2.45. The van der Waals surface area contributed by atoms with E-state index in [0.29, 0.717) is 0 Å². The van der Waals surface area contributed by atoms with E-state index in [0.717, 1.165) is 30.4 Å². The first-order chi connectivity index (χ1) is 11.7. The van der Waals surface area contributed by atoms with Gasteiger partial charge in [-0.2, -0.15) is 0 Å². The Morgan fingerprint density at radius 3 is 2.67 bits per heavy atom. The molecular formula is C20H20FNO2. The van der Waals surface area contributed by atoms with Crippen molar-refractivity contribution in [3.63, 3.8) is 0 Å². The number of allylic oxidation sites excluding steroid dienone is 2. The predicted molar refractivity (Wildman–Crippen MR) is 93.1 cm³/mol. The summed E-state index contributed by atoms with van der Waals surface area (Å²) >= 11 is 0. The molecule has 0 spiro atoms. The SMILES string of the molecule is O=C(Nc1ccc(C2=CCCCC2)cc1F)OCc1ccccc1. The van der Waals surface area contributed by atoms with Crippen molar-refractivity contribution >= 4 is 17.4 Å². The highest BCUT2D eigenvalue weighted by atomic mass is 19.1. The fourth-order valence-electron chi connectivity index (χ4n) is 2.79. The van der Waals surface area contributed by atoms with Gasteiger partial charge in [-0.1, -0.05) is 42.5 Å². The van der Waals surface area contributed by atoms with Gasteiger partial charge >= 0.3 is 6.09 Å². The van der Waals surface area contributed by atoms with Gasteiger partial charge in [-0.3, -0.25) is 5.32 Å². The minimum atomic E-state index is -0.664. The van der Waals surface area contributed by atoms with Crippen molar-refractivity contribution in [1.29, 1.82) is 0 Å². The second-order valence-electron chi connectivity index (χ2n) is 5.86. The molecule has 4 heteroatoms. The van der Waals surface area contributed by atoms with Crippen LogP contribution in [0.3, 0.4) is 0 Å². The Morgan fingerprint density at radius 1 is 1.12 bits per heavy atom. The van der Waals surface area contributed by atoms with Crippen LogP contribution < -0.4 is 5.32 Å². The first kappa shape index (κ1) is 16.2. The number of benzene rings is 2. The summed E-state index contributed by atoms with van der Waals surface area (Å²) in [6.45, 7) is 0.152. The lowest BCUT2D eigenvalue weighted by atomic mass is 9.93. The van der Waals surface area contributed by atoms with Crippen LogP contribution in [0.15, 0.2) is 54.6 Å². The summed E-state index contributed by atoms with van der Waals surface area (Å²) in [4.78, 5) is 11.8. The Labute approximate surface area is 141 Å². The molecule has 2 aromatic carbocycles. The van der Waals surface area contributed by atoms with Gasteiger partial charge in [0.1, 0.15) is 12.4 Å². The van der Waals surface area contributed by atoms with E-state index in [1.54, 1.807) is 6.07 Å². The number of hydrogen-bond donors (Lipinski definition) is 1. The molecular weight excluding hydrogens is 305 g/mol. The highest BCUT2D eigenvalue weighted by molar-refractivity contribution is 5.85. The van der Waals surface area contributed by atoms with Crippen LogP contribution in [0.1, 0.15) is 36.8 Å². The third-order valence-corrected chi connectivity index (χ3v) is 4.08. The highest BCUT2D eigenvalue weighted by Gasteiger charge is 2.12. The number of hydrogen-bond acceptors (Lipinski definition) is 2. The van der Waals surface area contributed by atoms with E-state index in [1.807, 2.05) is 36.4 Å². The van der Waals surface area contributed by atoms with Gasteiger partial charge in [-0.05, 0) is 54.5 Å². The smallest absolute Gasteiger partial charge is 0.412 e. The summed E-state index contributed by atoms with van der Waals surface area (Å²) in [6.07, 6.45) is 5.86. The van der Waals surface area contributed by atoms with Crippen LogP contribution in [-0.2, 0) is 11.3 Å². The third-order valence-electron chi connectivity index (χ3n) is 4.08. The number of carbonyl (C=O) groups is 1. The van der Waals surface area contributed by atoms with Crippen LogP contribution in [0.25, 0.3) is 5.57 Å². The average Bonchev–Trinajstić information content (AvgIpc) is 2.63. The molecule has 2 aromatic rings. The lowest BCUT2D eigenvalue weighted by molar-refractivity contribution is 0.155. The number of carbonyl (C=O) groups excluding carboxylic acids is 1. The summed E-state index contributed by atoms with van der Waals surface area (Å²) in [5.41, 5.74) is 3.08. The lowest BCUT2D eigenvalue weighted by Gasteiger charge is -2.14. The molecule has 0 saturated carbocycles. The summed E-state index contributed by atoms with van der Waals surface area (Å²) in [6, 6.07) is 14.3. The van der Waals surface area contributed by atoms with Crippen molar-refractivity contribution in [2.45, 2.75) is 32.3 Å². The van der Waals surface area contributed by atoms with Crippen LogP contribution in [0.2, 0.25) is 0 Å². The van der Waals surface area contributed by atoms with E-state index >= 15 is 0 Å². The maximum Gasteiger partial charge on any atom is 0.412 e. The molecule has 1 amide bonds. The van der Waals surface area contributed by atoms with Gasteiger partial charge in [-0.25, -0.2) is 9.18 Å². The molecule has 0 aliphatic heterocycles. The van der Waals surface area contributed by atoms with E-state index in [1.165, 1.54) is 18.1 Å². The van der Waals surface area contributed by atoms with Crippen LogP contribution in [0, 0.1) is 5.82 Å². The quantitative estimate of drug-likeness (QED) is 0.802. The van der Waals surface area contributed by atoms with Gasteiger partial charge in [0.15, 0.2) is 0 Å². The Balaban J connectivity index is 1.60. The van der Waals surface area contributed by atoms with Crippen molar-refractivity contribution in [3.05, 3.63) is 71.6 Å². The van der Waals surface area contributed by atoms with Crippen molar-refractivity contribution in [2.75, 3.05) is 5.32 Å². The van der Waals surface area contributed by atoms with Crippen molar-refractivity contribution < 1.29 is 13.9 Å². The molecule has 1 aliphatic rings. The Morgan fingerprint density at radius 2 is 1.96 bits per heavy atom. The van der Waals surface area contributed by atoms with Gasteiger partial charge in [-0.15, -0.1) is 0 Å². The fraction of sp³-hybridized carbons (Fsp3) is 0.250. The van der Waals surface area contributed by atoms with Crippen molar-refractivity contribution in [1.82, 2.24) is 0 Å². The van der Waals surface area contributed by atoms with E-state index in [2.05, 4.69) is 11.4 Å². The van der Waals surface area contributed by atoms with Gasteiger partial charge in [0.25, 0.3) is 0 Å². The second-order valence-corrected chi connectivity index (χ2v) is 5.86. The minimum absolute atomic E-state index is 0.133. The maximum absolute atomic E-state index is 14.2. The fourth-order valence-corrected chi connectivity index (χ4v) is 2.79. The number of amides is 1. The Kier molecular flexibility index (Phi) is 5.26. The summed E-state index contributed by atoms with van der Waals surface area (Å²) in [7, 11) is 0. The molecule has 24 heavy (non-hydrogen) atoms. The van der Waals surface area contributed by atoms with Crippen molar-refractivity contribution in [2.24, 2.45) is 0 Å². The number of rotatable bonds is 4. The standard InChI is InChI=1S/C20H20FNO2/c21-18-13-17(16-9-5-2-6-10-16)11-12-19(18)22-20(23)24-14-15-7-3-1-4-8-15/h1,3-4,7-9,11-13H,2,5-6,10,14H2,(H,22,23). The molecule has 0 bridgehead atoms. The number of halogens is 1. The maximum atomic E-state index is 14.2. The van der Waals surface area contributed by atoms with E-state index in [4.69, 9.17) is 4.74 Å². The zero-order chi connectivity index (χ0) is 16.8. The highest BCUT2D eigenvalue weighted by Crippen LogP contribution is 2.28. The number of anilines is 1. The minimum Gasteiger partial charge on any atom is -0.444 e. The van der Waals surface area contributed by atoms with Crippen LogP contribution in [0.4, 0.5) is 14.9 Å². The van der Waals surface area contributed by atoms with Crippen LogP contribution in [0.5, 0.6) is 0 Å². The molecule has 0 atom stereocenters. The average molecular weight is 325 g/mol. The molecule has 0 heterocycles. The lowest BCUT2D eigenvalue weighted by Crippen LogP contribution is -2.14. The first-order valence-corrected chi connectivity index (χ1v) is 8.19. The van der Waals surface area contributed by atoms with E-state index < -0.39 is 11.9 Å². The molecule has 0 fully saturated rings. The normalized spacial score (nSPS) is 14.0. The molecule has 0 radical (unpaired) electrons. The van der Waals surface area contributed by atoms with Crippen LogP contribution in [-0.4, -0.2) is 6.09 Å². The second kappa shape index (κ2) is 7.77. The van der Waals surface area contributed by atoms with E-state index in [9.17, 15) is 9.18 Å².